The third-order valence-corrected chi connectivity index (χ3v) is 3.08. The monoisotopic (exact) mass is 275 g/mol. The summed E-state index contributed by atoms with van der Waals surface area (Å²) in [4.78, 5) is 13.1. The molecule has 0 spiro atoms. The summed E-state index contributed by atoms with van der Waals surface area (Å²) in [5.41, 5.74) is 3.15. The van der Waals surface area contributed by atoms with Crippen LogP contribution in [0, 0.1) is 5.92 Å². The Labute approximate surface area is 119 Å². The lowest BCUT2D eigenvalue weighted by Crippen LogP contribution is -2.02. The second-order valence-corrected chi connectivity index (χ2v) is 5.38. The Kier molecular flexibility index (Phi) is 4.48. The van der Waals surface area contributed by atoms with Gasteiger partial charge in [0.2, 0.25) is 0 Å². The molecule has 0 aliphatic heterocycles. The van der Waals surface area contributed by atoms with Gasteiger partial charge in [-0.05, 0) is 36.5 Å². The first-order chi connectivity index (χ1) is 9.10. The summed E-state index contributed by atoms with van der Waals surface area (Å²) in [6, 6.07) is 3.79. The van der Waals surface area contributed by atoms with E-state index in [9.17, 15) is 0 Å². The number of halogens is 1. The fourth-order valence-corrected chi connectivity index (χ4v) is 2.24. The van der Waals surface area contributed by atoms with E-state index in [4.69, 9.17) is 11.6 Å². The van der Waals surface area contributed by atoms with E-state index in [1.54, 1.807) is 6.20 Å². The van der Waals surface area contributed by atoms with E-state index in [0.717, 1.165) is 29.7 Å². The maximum Gasteiger partial charge on any atom is 0.161 e. The summed E-state index contributed by atoms with van der Waals surface area (Å²) in [6.07, 6.45) is 5.43. The van der Waals surface area contributed by atoms with Crippen LogP contribution in [-0.4, -0.2) is 15.0 Å². The summed E-state index contributed by atoms with van der Waals surface area (Å²) in [6.45, 7) is 6.43. The van der Waals surface area contributed by atoms with Gasteiger partial charge in [-0.15, -0.1) is 0 Å². The second-order valence-electron chi connectivity index (χ2n) is 4.99. The molecule has 0 fully saturated rings. The molecule has 0 radical (unpaired) electrons. The molecule has 0 saturated carbocycles. The highest BCUT2D eigenvalue weighted by atomic mass is 35.5. The summed E-state index contributed by atoms with van der Waals surface area (Å²) in [5, 5.41) is 0.500. The number of nitrogens with zero attached hydrogens (tertiary/aromatic N) is 3. The molecular formula is C15H18ClN3. The van der Waals surface area contributed by atoms with Gasteiger partial charge < -0.3 is 0 Å². The second kappa shape index (κ2) is 6.11. The smallest absolute Gasteiger partial charge is 0.161 e. The van der Waals surface area contributed by atoms with Gasteiger partial charge in [0.1, 0.15) is 5.15 Å². The average molecular weight is 276 g/mol. The SMILES string of the molecule is CCc1cnccc1-c1nc(Cl)cc(CC(C)C)n1. The molecule has 0 amide bonds. The van der Waals surface area contributed by atoms with Gasteiger partial charge in [0.15, 0.2) is 5.82 Å². The minimum Gasteiger partial charge on any atom is -0.264 e. The van der Waals surface area contributed by atoms with Crippen molar-refractivity contribution in [1.82, 2.24) is 15.0 Å². The first kappa shape index (κ1) is 13.9. The van der Waals surface area contributed by atoms with Crippen LogP contribution in [0.5, 0.6) is 0 Å². The molecule has 3 nitrogen and oxygen atoms in total. The maximum atomic E-state index is 6.11. The van der Waals surface area contributed by atoms with Gasteiger partial charge in [-0.3, -0.25) is 4.98 Å². The molecule has 0 atom stereocenters. The lowest BCUT2D eigenvalue weighted by molar-refractivity contribution is 0.634. The first-order valence-electron chi connectivity index (χ1n) is 6.57. The van der Waals surface area contributed by atoms with Gasteiger partial charge in [-0.1, -0.05) is 32.4 Å². The maximum absolute atomic E-state index is 6.11. The Morgan fingerprint density at radius 1 is 1.26 bits per heavy atom. The lowest BCUT2D eigenvalue weighted by atomic mass is 10.1. The highest BCUT2D eigenvalue weighted by Crippen LogP contribution is 2.22. The van der Waals surface area contributed by atoms with Crippen LogP contribution in [0.2, 0.25) is 5.15 Å². The van der Waals surface area contributed by atoms with Gasteiger partial charge in [-0.2, -0.15) is 0 Å². The summed E-state index contributed by atoms with van der Waals surface area (Å²) in [7, 11) is 0. The molecule has 100 valence electrons. The van der Waals surface area contributed by atoms with Crippen LogP contribution in [0.15, 0.2) is 24.5 Å². The predicted octanol–water partition coefficient (Wildman–Crippen LogP) is 3.95. The Morgan fingerprint density at radius 3 is 2.74 bits per heavy atom. The van der Waals surface area contributed by atoms with Gasteiger partial charge in [0, 0.05) is 23.7 Å². The Balaban J connectivity index is 2.47. The Hall–Kier alpha value is -1.48. The lowest BCUT2D eigenvalue weighted by Gasteiger charge is -2.09. The highest BCUT2D eigenvalue weighted by molar-refractivity contribution is 6.29. The first-order valence-corrected chi connectivity index (χ1v) is 6.94. The zero-order valence-electron chi connectivity index (χ0n) is 11.5. The Morgan fingerprint density at radius 2 is 2.05 bits per heavy atom. The molecule has 0 aromatic carbocycles. The van der Waals surface area contributed by atoms with Crippen molar-refractivity contribution in [3.05, 3.63) is 40.9 Å². The summed E-state index contributed by atoms with van der Waals surface area (Å²) >= 11 is 6.11. The van der Waals surface area contributed by atoms with Gasteiger partial charge in [0.05, 0.1) is 0 Å². The van der Waals surface area contributed by atoms with E-state index in [2.05, 4.69) is 35.7 Å². The molecule has 2 heterocycles. The third-order valence-electron chi connectivity index (χ3n) is 2.89. The van der Waals surface area contributed by atoms with Crippen molar-refractivity contribution in [2.24, 2.45) is 5.92 Å². The molecule has 0 bridgehead atoms. The van der Waals surface area contributed by atoms with Crippen molar-refractivity contribution in [3.8, 4) is 11.4 Å². The number of aryl methyl sites for hydroxylation is 1. The van der Waals surface area contributed by atoms with Gasteiger partial charge >= 0.3 is 0 Å². The quantitative estimate of drug-likeness (QED) is 0.793. The van der Waals surface area contributed by atoms with Crippen molar-refractivity contribution >= 4 is 11.6 Å². The van der Waals surface area contributed by atoms with Gasteiger partial charge in [-0.25, -0.2) is 9.97 Å². The molecule has 0 aliphatic carbocycles. The van der Waals surface area contributed by atoms with Crippen LogP contribution in [0.4, 0.5) is 0 Å². The molecule has 2 aromatic rings. The summed E-state index contributed by atoms with van der Waals surface area (Å²) < 4.78 is 0. The number of rotatable bonds is 4. The van der Waals surface area contributed by atoms with Gasteiger partial charge in [0.25, 0.3) is 0 Å². The van der Waals surface area contributed by atoms with Crippen LogP contribution < -0.4 is 0 Å². The molecular weight excluding hydrogens is 258 g/mol. The molecule has 4 heteroatoms. The van der Waals surface area contributed by atoms with Crippen molar-refractivity contribution in [2.75, 3.05) is 0 Å². The number of hydrogen-bond donors (Lipinski definition) is 0. The normalized spacial score (nSPS) is 11.0. The van der Waals surface area contributed by atoms with E-state index < -0.39 is 0 Å². The van der Waals surface area contributed by atoms with Crippen LogP contribution in [-0.2, 0) is 12.8 Å². The molecule has 0 N–H and O–H groups in total. The Bertz CT molecular complexity index is 567. The average Bonchev–Trinajstić information content (AvgIpc) is 2.37. The van der Waals surface area contributed by atoms with Crippen molar-refractivity contribution in [2.45, 2.75) is 33.6 Å². The fraction of sp³-hybridized carbons (Fsp3) is 0.400. The van der Waals surface area contributed by atoms with Crippen molar-refractivity contribution in [1.29, 1.82) is 0 Å². The van der Waals surface area contributed by atoms with Crippen LogP contribution >= 0.6 is 11.6 Å². The zero-order chi connectivity index (χ0) is 13.8. The van der Waals surface area contributed by atoms with E-state index >= 15 is 0 Å². The fourth-order valence-electron chi connectivity index (χ4n) is 2.03. The van der Waals surface area contributed by atoms with E-state index in [0.29, 0.717) is 16.9 Å². The number of aromatic nitrogens is 3. The zero-order valence-corrected chi connectivity index (χ0v) is 12.3. The van der Waals surface area contributed by atoms with Crippen molar-refractivity contribution in [3.63, 3.8) is 0 Å². The minimum absolute atomic E-state index is 0.500. The molecule has 0 saturated heterocycles. The largest absolute Gasteiger partial charge is 0.264 e. The number of hydrogen-bond acceptors (Lipinski definition) is 3. The van der Waals surface area contributed by atoms with Crippen LogP contribution in [0.1, 0.15) is 32.0 Å². The summed E-state index contributed by atoms with van der Waals surface area (Å²) in [5.74, 6) is 1.24. The minimum atomic E-state index is 0.500. The molecule has 19 heavy (non-hydrogen) atoms. The highest BCUT2D eigenvalue weighted by Gasteiger charge is 2.10. The third kappa shape index (κ3) is 3.51. The van der Waals surface area contributed by atoms with Crippen LogP contribution in [0.3, 0.4) is 0 Å². The standard InChI is InChI=1S/C15H18ClN3/c1-4-11-9-17-6-5-13(11)15-18-12(7-10(2)3)8-14(16)19-15/h5-6,8-10H,4,7H2,1-3H3. The topological polar surface area (TPSA) is 38.7 Å². The predicted molar refractivity (Wildman–Crippen MR) is 78.2 cm³/mol. The van der Waals surface area contributed by atoms with Crippen molar-refractivity contribution < 1.29 is 0 Å². The molecule has 0 unspecified atom stereocenters. The molecule has 2 rings (SSSR count). The molecule has 2 aromatic heterocycles. The van der Waals surface area contributed by atoms with E-state index in [-0.39, 0.29) is 0 Å². The van der Waals surface area contributed by atoms with E-state index in [1.165, 1.54) is 0 Å². The number of pyridine rings is 1. The molecule has 0 aliphatic rings. The van der Waals surface area contributed by atoms with E-state index in [1.807, 2.05) is 18.3 Å². The van der Waals surface area contributed by atoms with Crippen LogP contribution in [0.25, 0.3) is 11.4 Å².